The highest BCUT2D eigenvalue weighted by molar-refractivity contribution is 7.89. The topological polar surface area (TPSA) is 92.5 Å². The molecule has 1 N–H and O–H groups in total. The van der Waals surface area contributed by atoms with Crippen LogP contribution in [-0.4, -0.2) is 43.2 Å². The van der Waals surface area contributed by atoms with Crippen LogP contribution in [0.3, 0.4) is 0 Å². The summed E-state index contributed by atoms with van der Waals surface area (Å²) in [5, 5.41) is 2.93. The summed E-state index contributed by atoms with van der Waals surface area (Å²) in [6.07, 6.45) is 1.39. The number of hydrogen-bond acceptors (Lipinski definition) is 5. The Hall–Kier alpha value is -2.97. The van der Waals surface area contributed by atoms with Crippen LogP contribution in [0.2, 0.25) is 0 Å². The molecule has 0 saturated carbocycles. The molecule has 0 spiro atoms. The van der Waals surface area contributed by atoms with Gasteiger partial charge in [-0.15, -0.1) is 0 Å². The number of nitrogens with one attached hydrogen (secondary N) is 1. The molecular weight excluding hydrogens is 414 g/mol. The Balaban J connectivity index is 1.32. The van der Waals surface area contributed by atoms with Gasteiger partial charge in [0.05, 0.1) is 4.90 Å². The van der Waals surface area contributed by atoms with Crippen LogP contribution in [0.5, 0.6) is 0 Å². The van der Waals surface area contributed by atoms with E-state index in [0.29, 0.717) is 49.0 Å². The van der Waals surface area contributed by atoms with E-state index in [1.54, 1.807) is 37.3 Å². The second-order valence-corrected chi connectivity index (χ2v) is 9.60. The highest BCUT2D eigenvalue weighted by Gasteiger charge is 2.29. The zero-order chi connectivity index (χ0) is 21.8. The molecule has 1 aromatic heterocycles. The third kappa shape index (κ3) is 4.70. The largest absolute Gasteiger partial charge is 0.441 e. The maximum Gasteiger partial charge on any atom is 0.273 e. The molecular formula is C23H25N3O4S. The Morgan fingerprint density at radius 1 is 1.06 bits per heavy atom. The van der Waals surface area contributed by atoms with Gasteiger partial charge in [-0.05, 0) is 49.9 Å². The molecule has 3 aromatic rings. The van der Waals surface area contributed by atoms with Crippen LogP contribution in [0, 0.1) is 12.8 Å². The molecule has 1 aliphatic rings. The van der Waals surface area contributed by atoms with Gasteiger partial charge in [0.15, 0.2) is 5.69 Å². The number of carbonyl (C=O) groups is 1. The lowest BCUT2D eigenvalue weighted by Gasteiger charge is -2.31. The summed E-state index contributed by atoms with van der Waals surface area (Å²) >= 11 is 0. The number of rotatable bonds is 6. The van der Waals surface area contributed by atoms with Crippen LogP contribution in [0.1, 0.15) is 29.1 Å². The second-order valence-electron chi connectivity index (χ2n) is 7.66. The fourth-order valence-electron chi connectivity index (χ4n) is 3.73. The van der Waals surface area contributed by atoms with E-state index in [4.69, 9.17) is 4.42 Å². The first-order valence-corrected chi connectivity index (χ1v) is 11.8. The SMILES string of the molecule is Cc1oc(-c2ccccc2)nc1C(=O)NCC1CCN(S(=O)(=O)c2ccccc2)CC1. The van der Waals surface area contributed by atoms with Crippen LogP contribution in [0.15, 0.2) is 70.0 Å². The lowest BCUT2D eigenvalue weighted by Crippen LogP contribution is -2.41. The first kappa shape index (κ1) is 21.3. The zero-order valence-electron chi connectivity index (χ0n) is 17.3. The third-order valence-electron chi connectivity index (χ3n) is 5.54. The molecule has 1 saturated heterocycles. The monoisotopic (exact) mass is 439 g/mol. The molecule has 1 aliphatic heterocycles. The maximum absolute atomic E-state index is 12.7. The van der Waals surface area contributed by atoms with Crippen molar-refractivity contribution < 1.29 is 17.6 Å². The summed E-state index contributed by atoms with van der Waals surface area (Å²) in [7, 11) is -3.47. The average Bonchev–Trinajstić information content (AvgIpc) is 3.20. The van der Waals surface area contributed by atoms with Gasteiger partial charge in [0.25, 0.3) is 5.91 Å². The summed E-state index contributed by atoms with van der Waals surface area (Å²) < 4.78 is 32.7. The number of aromatic nitrogens is 1. The molecule has 2 heterocycles. The summed E-state index contributed by atoms with van der Waals surface area (Å²) in [4.78, 5) is 17.3. The number of piperidine rings is 1. The van der Waals surface area contributed by atoms with Gasteiger partial charge >= 0.3 is 0 Å². The van der Waals surface area contributed by atoms with Crippen molar-refractivity contribution in [3.05, 3.63) is 72.1 Å². The number of oxazole rings is 1. The summed E-state index contributed by atoms with van der Waals surface area (Å²) in [6.45, 7) is 3.09. The molecule has 7 nitrogen and oxygen atoms in total. The fourth-order valence-corrected chi connectivity index (χ4v) is 5.22. The lowest BCUT2D eigenvalue weighted by atomic mass is 9.98. The van der Waals surface area contributed by atoms with E-state index in [1.807, 2.05) is 30.3 Å². The molecule has 31 heavy (non-hydrogen) atoms. The molecule has 2 aromatic carbocycles. The molecule has 0 unspecified atom stereocenters. The minimum absolute atomic E-state index is 0.215. The quantitative estimate of drug-likeness (QED) is 0.635. The third-order valence-corrected chi connectivity index (χ3v) is 7.45. The van der Waals surface area contributed by atoms with E-state index in [1.165, 1.54) is 4.31 Å². The predicted molar refractivity (Wildman–Crippen MR) is 117 cm³/mol. The zero-order valence-corrected chi connectivity index (χ0v) is 18.1. The maximum atomic E-state index is 12.7. The van der Waals surface area contributed by atoms with Gasteiger partial charge in [-0.3, -0.25) is 4.79 Å². The van der Waals surface area contributed by atoms with Crippen LogP contribution in [0.25, 0.3) is 11.5 Å². The Labute approximate surface area is 182 Å². The summed E-state index contributed by atoms with van der Waals surface area (Å²) in [5.74, 6) is 0.831. The molecule has 8 heteroatoms. The number of hydrogen-bond donors (Lipinski definition) is 1. The first-order valence-electron chi connectivity index (χ1n) is 10.3. The Bertz CT molecular complexity index is 1140. The van der Waals surface area contributed by atoms with Crippen molar-refractivity contribution in [3.8, 4) is 11.5 Å². The number of amides is 1. The Morgan fingerprint density at radius 3 is 2.32 bits per heavy atom. The van der Waals surface area contributed by atoms with Crippen molar-refractivity contribution in [2.75, 3.05) is 19.6 Å². The molecule has 0 atom stereocenters. The van der Waals surface area contributed by atoms with Crippen molar-refractivity contribution >= 4 is 15.9 Å². The fraction of sp³-hybridized carbons (Fsp3) is 0.304. The molecule has 162 valence electrons. The number of sulfonamides is 1. The number of carbonyl (C=O) groups excluding carboxylic acids is 1. The van der Waals surface area contributed by atoms with Gasteiger partial charge in [0.2, 0.25) is 15.9 Å². The van der Waals surface area contributed by atoms with Crippen LogP contribution in [-0.2, 0) is 10.0 Å². The van der Waals surface area contributed by atoms with Crippen molar-refractivity contribution in [1.29, 1.82) is 0 Å². The van der Waals surface area contributed by atoms with Crippen LogP contribution >= 0.6 is 0 Å². The van der Waals surface area contributed by atoms with E-state index < -0.39 is 10.0 Å². The molecule has 1 amide bonds. The Morgan fingerprint density at radius 2 is 1.68 bits per heavy atom. The molecule has 0 aliphatic carbocycles. The molecule has 0 radical (unpaired) electrons. The van der Waals surface area contributed by atoms with E-state index in [9.17, 15) is 13.2 Å². The van der Waals surface area contributed by atoms with Gasteiger partial charge in [0, 0.05) is 25.2 Å². The molecule has 0 bridgehead atoms. The lowest BCUT2D eigenvalue weighted by molar-refractivity contribution is 0.0935. The highest BCUT2D eigenvalue weighted by Crippen LogP contribution is 2.24. The van der Waals surface area contributed by atoms with E-state index in [2.05, 4.69) is 10.3 Å². The van der Waals surface area contributed by atoms with Gasteiger partial charge in [-0.25, -0.2) is 13.4 Å². The van der Waals surface area contributed by atoms with Crippen molar-refractivity contribution in [3.63, 3.8) is 0 Å². The Kier molecular flexibility index (Phi) is 6.20. The van der Waals surface area contributed by atoms with Crippen LogP contribution < -0.4 is 5.32 Å². The van der Waals surface area contributed by atoms with Gasteiger partial charge in [-0.2, -0.15) is 4.31 Å². The normalized spacial score (nSPS) is 15.6. The van der Waals surface area contributed by atoms with Crippen LogP contribution in [0.4, 0.5) is 0 Å². The van der Waals surface area contributed by atoms with Gasteiger partial charge < -0.3 is 9.73 Å². The van der Waals surface area contributed by atoms with Crippen molar-refractivity contribution in [2.45, 2.75) is 24.7 Å². The molecule has 4 rings (SSSR count). The first-order chi connectivity index (χ1) is 14.9. The average molecular weight is 440 g/mol. The van der Waals surface area contributed by atoms with Crippen molar-refractivity contribution in [2.24, 2.45) is 5.92 Å². The van der Waals surface area contributed by atoms with E-state index >= 15 is 0 Å². The second kappa shape index (κ2) is 9.03. The van der Waals surface area contributed by atoms with Gasteiger partial charge in [-0.1, -0.05) is 36.4 Å². The number of aryl methyl sites for hydroxylation is 1. The highest BCUT2D eigenvalue weighted by atomic mass is 32.2. The minimum Gasteiger partial charge on any atom is -0.441 e. The number of benzene rings is 2. The minimum atomic E-state index is -3.47. The van der Waals surface area contributed by atoms with Gasteiger partial charge in [0.1, 0.15) is 5.76 Å². The smallest absolute Gasteiger partial charge is 0.273 e. The summed E-state index contributed by atoms with van der Waals surface area (Å²) in [6, 6.07) is 17.9. The van der Waals surface area contributed by atoms with Crippen molar-refractivity contribution in [1.82, 2.24) is 14.6 Å². The standard InChI is InChI=1S/C23H25N3O4S/c1-17-21(25-23(30-17)19-8-4-2-5-9-19)22(27)24-16-18-12-14-26(15-13-18)31(28,29)20-10-6-3-7-11-20/h2-11,18H,12-16H2,1H3,(H,24,27). The summed E-state index contributed by atoms with van der Waals surface area (Å²) in [5.41, 5.74) is 1.10. The van der Waals surface area contributed by atoms with E-state index in [-0.39, 0.29) is 17.5 Å². The number of nitrogens with zero attached hydrogens (tertiary/aromatic N) is 2. The molecule has 1 fully saturated rings. The van der Waals surface area contributed by atoms with E-state index in [0.717, 1.165) is 5.56 Å². The predicted octanol–water partition coefficient (Wildman–Crippen LogP) is 3.48.